The molecule has 5 heteroatoms. The minimum atomic E-state index is -0.608. The molecule has 0 heterocycles. The number of carbonyl (C=O) groups excluding carboxylic acids is 1. The number of ketones is 1. The van der Waals surface area contributed by atoms with Crippen molar-refractivity contribution in [1.29, 1.82) is 0 Å². The smallest absolute Gasteiger partial charge is 0.199 e. The summed E-state index contributed by atoms with van der Waals surface area (Å²) in [5.74, 6) is -0.673. The van der Waals surface area contributed by atoms with E-state index >= 15 is 0 Å². The van der Waals surface area contributed by atoms with Gasteiger partial charge in [-0.2, -0.15) is 0 Å². The molecular weight excluding hydrogens is 325 g/mol. The molecule has 0 unspecified atom stereocenters. The monoisotopic (exact) mass is 337 g/mol. The summed E-state index contributed by atoms with van der Waals surface area (Å²) >= 11 is 3.36. The summed E-state index contributed by atoms with van der Waals surface area (Å²) in [4.78, 5) is 12.5. The highest BCUT2D eigenvalue weighted by atomic mass is 79.9. The summed E-state index contributed by atoms with van der Waals surface area (Å²) in [5.41, 5.74) is 7.08. The van der Waals surface area contributed by atoms with Gasteiger partial charge in [-0.3, -0.25) is 4.79 Å². The molecule has 20 heavy (non-hydrogen) atoms. The van der Waals surface area contributed by atoms with Crippen LogP contribution in [0.1, 0.15) is 21.5 Å². The molecule has 0 spiro atoms. The zero-order valence-corrected chi connectivity index (χ0v) is 12.6. The number of benzene rings is 2. The van der Waals surface area contributed by atoms with Gasteiger partial charge in [0.05, 0.1) is 18.2 Å². The van der Waals surface area contributed by atoms with Crippen LogP contribution in [0.3, 0.4) is 0 Å². The first-order valence-corrected chi connectivity index (χ1v) is 6.67. The molecule has 0 aliphatic rings. The lowest BCUT2D eigenvalue weighted by atomic mass is 10.00. The van der Waals surface area contributed by atoms with Crippen LogP contribution in [-0.4, -0.2) is 12.9 Å². The molecule has 0 fully saturated rings. The third-order valence-corrected chi connectivity index (χ3v) is 3.81. The zero-order chi connectivity index (χ0) is 14.9. The molecule has 0 amide bonds. The van der Waals surface area contributed by atoms with Crippen molar-refractivity contribution >= 4 is 27.4 Å². The fraction of sp³-hybridized carbons (Fsp3) is 0.133. The van der Waals surface area contributed by atoms with Crippen LogP contribution in [-0.2, 0) is 0 Å². The van der Waals surface area contributed by atoms with Gasteiger partial charge in [-0.05, 0) is 42.8 Å². The van der Waals surface area contributed by atoms with E-state index in [2.05, 4.69) is 15.9 Å². The number of anilines is 1. The Balaban J connectivity index is 2.58. The molecule has 0 bridgehead atoms. The van der Waals surface area contributed by atoms with E-state index in [1.165, 1.54) is 25.3 Å². The maximum absolute atomic E-state index is 13.8. The Morgan fingerprint density at radius 2 is 1.95 bits per heavy atom. The van der Waals surface area contributed by atoms with Gasteiger partial charge in [0.1, 0.15) is 11.6 Å². The molecule has 0 aliphatic carbocycles. The van der Waals surface area contributed by atoms with Crippen LogP contribution in [0.15, 0.2) is 34.8 Å². The number of hydrogen-bond acceptors (Lipinski definition) is 3. The second kappa shape index (κ2) is 5.63. The lowest BCUT2D eigenvalue weighted by Crippen LogP contribution is -2.07. The Morgan fingerprint density at radius 3 is 2.60 bits per heavy atom. The third-order valence-electron chi connectivity index (χ3n) is 2.96. The molecule has 2 aromatic carbocycles. The lowest BCUT2D eigenvalue weighted by Gasteiger charge is -2.11. The lowest BCUT2D eigenvalue weighted by molar-refractivity contribution is 0.103. The number of halogens is 2. The van der Waals surface area contributed by atoms with Gasteiger partial charge >= 0.3 is 0 Å². The minimum absolute atomic E-state index is 0.0703. The number of nitrogens with two attached hydrogens (primary N) is 1. The van der Waals surface area contributed by atoms with Gasteiger partial charge in [0.15, 0.2) is 5.78 Å². The quantitative estimate of drug-likeness (QED) is 0.686. The molecular formula is C15H13BrFNO2. The summed E-state index contributed by atoms with van der Waals surface area (Å²) in [6.45, 7) is 1.88. The molecule has 2 aromatic rings. The van der Waals surface area contributed by atoms with Gasteiger partial charge in [-0.25, -0.2) is 4.39 Å². The van der Waals surface area contributed by atoms with Crippen LogP contribution in [0.2, 0.25) is 0 Å². The topological polar surface area (TPSA) is 52.3 Å². The Bertz CT molecular complexity index is 686. The highest BCUT2D eigenvalue weighted by molar-refractivity contribution is 9.10. The maximum Gasteiger partial charge on any atom is 0.199 e. The van der Waals surface area contributed by atoms with Gasteiger partial charge in [-0.1, -0.05) is 15.9 Å². The molecule has 0 saturated carbocycles. The van der Waals surface area contributed by atoms with Crippen LogP contribution in [0.25, 0.3) is 0 Å². The molecule has 3 nitrogen and oxygen atoms in total. The first kappa shape index (κ1) is 14.5. The number of methoxy groups -OCH3 is 1. The highest BCUT2D eigenvalue weighted by Crippen LogP contribution is 2.29. The first-order chi connectivity index (χ1) is 9.43. The molecule has 0 atom stereocenters. The molecule has 0 aliphatic heterocycles. The van der Waals surface area contributed by atoms with Crippen molar-refractivity contribution in [2.45, 2.75) is 6.92 Å². The van der Waals surface area contributed by atoms with Crippen LogP contribution in [0.5, 0.6) is 5.75 Å². The standard InChI is InChI=1S/C15H13BrFNO2/c1-8-5-14(20-2)11(7-12(8)16)15(19)10-6-9(18)3-4-13(10)17/h3-7H,18H2,1-2H3. The average Bonchev–Trinajstić information content (AvgIpc) is 2.43. The minimum Gasteiger partial charge on any atom is -0.496 e. The molecule has 104 valence electrons. The molecule has 2 rings (SSSR count). The van der Waals surface area contributed by atoms with Gasteiger partial charge in [0, 0.05) is 10.2 Å². The van der Waals surface area contributed by atoms with Crippen LogP contribution in [0, 0.1) is 12.7 Å². The number of ether oxygens (including phenoxy) is 1. The van der Waals surface area contributed by atoms with Gasteiger partial charge < -0.3 is 10.5 Å². The predicted octanol–water partition coefficient (Wildman–Crippen LogP) is 3.72. The van der Waals surface area contributed by atoms with Crippen molar-refractivity contribution in [3.05, 3.63) is 57.3 Å². The van der Waals surface area contributed by atoms with Crippen LogP contribution >= 0.6 is 15.9 Å². The fourth-order valence-corrected chi connectivity index (χ4v) is 2.21. The average molecular weight is 338 g/mol. The number of carbonyl (C=O) groups is 1. The van der Waals surface area contributed by atoms with Gasteiger partial charge in [0.2, 0.25) is 0 Å². The van der Waals surface area contributed by atoms with E-state index in [1.807, 2.05) is 6.92 Å². The second-order valence-electron chi connectivity index (χ2n) is 4.37. The predicted molar refractivity (Wildman–Crippen MR) is 79.7 cm³/mol. The van der Waals surface area contributed by atoms with Gasteiger partial charge in [0.25, 0.3) is 0 Å². The summed E-state index contributed by atoms with van der Waals surface area (Å²) in [5, 5.41) is 0. The number of aryl methyl sites for hydroxylation is 1. The molecule has 2 N–H and O–H groups in total. The molecule has 0 saturated heterocycles. The van der Waals surface area contributed by atoms with Gasteiger partial charge in [-0.15, -0.1) is 0 Å². The largest absolute Gasteiger partial charge is 0.496 e. The summed E-state index contributed by atoms with van der Waals surface area (Å²) in [7, 11) is 1.47. The highest BCUT2D eigenvalue weighted by Gasteiger charge is 2.19. The van der Waals surface area contributed by atoms with E-state index in [0.29, 0.717) is 11.4 Å². The number of nitrogen functional groups attached to an aromatic ring is 1. The first-order valence-electron chi connectivity index (χ1n) is 5.88. The number of hydrogen-bond donors (Lipinski definition) is 1. The van der Waals surface area contributed by atoms with Crippen LogP contribution in [0.4, 0.5) is 10.1 Å². The van der Waals surface area contributed by atoms with Crippen molar-refractivity contribution < 1.29 is 13.9 Å². The maximum atomic E-state index is 13.8. The van der Waals surface area contributed by atoms with Crippen molar-refractivity contribution in [2.75, 3.05) is 12.8 Å². The summed E-state index contributed by atoms with van der Waals surface area (Å²) in [6, 6.07) is 7.26. The SMILES string of the molecule is COc1cc(C)c(Br)cc1C(=O)c1cc(N)ccc1F. The van der Waals surface area contributed by atoms with Crippen molar-refractivity contribution in [3.63, 3.8) is 0 Å². The summed E-state index contributed by atoms with van der Waals surface area (Å²) < 4.78 is 19.7. The second-order valence-corrected chi connectivity index (χ2v) is 5.22. The van der Waals surface area contributed by atoms with E-state index in [0.717, 1.165) is 10.0 Å². The van der Waals surface area contributed by atoms with E-state index < -0.39 is 11.6 Å². The van der Waals surface area contributed by atoms with E-state index in [1.54, 1.807) is 12.1 Å². The summed E-state index contributed by atoms with van der Waals surface area (Å²) in [6.07, 6.45) is 0. The van der Waals surface area contributed by atoms with E-state index in [9.17, 15) is 9.18 Å². The molecule has 0 aromatic heterocycles. The zero-order valence-electron chi connectivity index (χ0n) is 11.0. The molecule has 0 radical (unpaired) electrons. The van der Waals surface area contributed by atoms with Crippen molar-refractivity contribution in [2.24, 2.45) is 0 Å². The third kappa shape index (κ3) is 2.67. The van der Waals surface area contributed by atoms with E-state index in [4.69, 9.17) is 10.5 Å². The normalized spacial score (nSPS) is 10.4. The Morgan fingerprint density at radius 1 is 1.25 bits per heavy atom. The fourth-order valence-electron chi connectivity index (χ4n) is 1.86. The Hall–Kier alpha value is -1.88. The van der Waals surface area contributed by atoms with Crippen molar-refractivity contribution in [1.82, 2.24) is 0 Å². The van der Waals surface area contributed by atoms with Crippen LogP contribution < -0.4 is 10.5 Å². The number of rotatable bonds is 3. The van der Waals surface area contributed by atoms with Crippen molar-refractivity contribution in [3.8, 4) is 5.75 Å². The Labute approximate surface area is 124 Å². The Kier molecular flexibility index (Phi) is 4.09. The van der Waals surface area contributed by atoms with E-state index in [-0.39, 0.29) is 11.1 Å².